The van der Waals surface area contributed by atoms with E-state index in [1.807, 2.05) is 48.5 Å². The molecule has 0 atom stereocenters. The molecule has 2 heterocycles. The molecule has 0 saturated heterocycles. The number of nitrogens with two attached hydrogens (primary N) is 3. The van der Waals surface area contributed by atoms with Crippen LogP contribution in [0.5, 0.6) is 0 Å². The van der Waals surface area contributed by atoms with Crippen LogP contribution in [0.25, 0.3) is 22.1 Å². The van der Waals surface area contributed by atoms with Gasteiger partial charge in [0.05, 0.1) is 22.4 Å². The number of nitrogens with zero attached hydrogens (tertiary/aromatic N) is 4. The molecule has 1 radical (unpaired) electrons. The van der Waals surface area contributed by atoms with Crippen molar-refractivity contribution < 1.29 is 5.11 Å². The molecule has 235 valence electrons. The summed E-state index contributed by atoms with van der Waals surface area (Å²) < 4.78 is 0.450. The Labute approximate surface area is 309 Å². The third-order valence-corrected chi connectivity index (χ3v) is 8.55. The second-order valence-corrected chi connectivity index (χ2v) is 13.8. The number of aromatic nitrogens is 4. The second kappa shape index (κ2) is 25.2. The molecule has 18 heteroatoms. The summed E-state index contributed by atoms with van der Waals surface area (Å²) in [4.78, 5) is 18.3. The Hall–Kier alpha value is -1.03. The van der Waals surface area contributed by atoms with Crippen molar-refractivity contribution in [2.24, 2.45) is 17.2 Å². The van der Waals surface area contributed by atoms with E-state index in [-0.39, 0.29) is 84.7 Å². The van der Waals surface area contributed by atoms with Crippen LogP contribution in [-0.4, -0.2) is 91.8 Å². The first kappa shape index (κ1) is 44.1. The van der Waals surface area contributed by atoms with Crippen LogP contribution in [0.15, 0.2) is 48.5 Å². The second-order valence-electron chi connectivity index (χ2n) is 7.47. The molecule has 0 unspecified atom stereocenters. The molecule has 2 aromatic carbocycles. The summed E-state index contributed by atoms with van der Waals surface area (Å²) in [5.41, 5.74) is 22.9. The number of rotatable bonds is 8. The van der Waals surface area contributed by atoms with Crippen LogP contribution in [-0.2, 0) is 21.3 Å². The van der Waals surface area contributed by atoms with Crippen molar-refractivity contribution in [2.75, 3.05) is 6.61 Å². The molecule has 0 spiro atoms. The minimum atomic E-state index is -0.102. The molecule has 2 aromatic heterocycles. The van der Waals surface area contributed by atoms with Gasteiger partial charge in [0.25, 0.3) is 0 Å². The molecule has 4 aromatic rings. The number of nitrogens with one attached hydrogen (secondary N) is 3. The van der Waals surface area contributed by atoms with Gasteiger partial charge in [-0.15, -0.1) is 34.0 Å². The predicted molar refractivity (Wildman–Crippen MR) is 198 cm³/mol. The van der Waals surface area contributed by atoms with Crippen LogP contribution >= 0.6 is 65.8 Å². The maximum absolute atomic E-state index is 7.57. The summed E-state index contributed by atoms with van der Waals surface area (Å²) in [6.07, 6.45) is 0. The first-order valence-electron chi connectivity index (χ1n) is 11.7. The van der Waals surface area contributed by atoms with Gasteiger partial charge in [0.2, 0.25) is 0 Å². The molecule has 0 saturated carbocycles. The molecule has 43 heavy (non-hydrogen) atoms. The Morgan fingerprint density at radius 2 is 0.930 bits per heavy atom. The van der Waals surface area contributed by atoms with E-state index < -0.39 is 0 Å². The van der Waals surface area contributed by atoms with Gasteiger partial charge in [0.15, 0.2) is 0 Å². The van der Waals surface area contributed by atoms with E-state index in [2.05, 4.69) is 73.5 Å². The standard InChI is InChI=1S/C12H14N6Se2.C10H8Br2N2.C2H6O.CH3N2Se.2BrH/c13-11(14)19-5-9-10(6-20-12(15)16)18-8-4-2-1-3-7(8)17-9;11-5-9-10(6-12)14-8-4-2-1-3-7(8)13-9;1-2-3;2-1(3)4;;/h1-4H,5-6H2,(H3,13,14)(H3,15,16);1-4H,5-6H2;3H,2H2,1H3;(H3,2,3);2*1H. The molecule has 0 bridgehead atoms. The van der Waals surface area contributed by atoms with Crippen molar-refractivity contribution >= 4 is 148 Å². The summed E-state index contributed by atoms with van der Waals surface area (Å²) in [7, 11) is 0. The van der Waals surface area contributed by atoms with E-state index in [9.17, 15) is 0 Å². The Balaban J connectivity index is 0. The molecule has 0 aliphatic carbocycles. The van der Waals surface area contributed by atoms with E-state index in [1.54, 1.807) is 6.92 Å². The summed E-state index contributed by atoms with van der Waals surface area (Å²) >= 11 is 8.88. The van der Waals surface area contributed by atoms with Gasteiger partial charge in [-0.2, -0.15) is 0 Å². The topological polar surface area (TPSA) is 221 Å². The fourth-order valence-electron chi connectivity index (χ4n) is 2.88. The molecule has 0 aliphatic rings. The Kier molecular flexibility index (Phi) is 25.8. The van der Waals surface area contributed by atoms with Crippen molar-refractivity contribution in [1.82, 2.24) is 19.9 Å². The number of hydrogen-bond acceptors (Lipinski definition) is 8. The van der Waals surface area contributed by atoms with Gasteiger partial charge in [-0.25, -0.2) is 9.97 Å². The molecule has 0 aliphatic heterocycles. The number of amidine groups is 3. The van der Waals surface area contributed by atoms with Crippen molar-refractivity contribution in [1.29, 1.82) is 16.2 Å². The number of para-hydroxylation sites is 4. The Bertz CT molecular complexity index is 1350. The van der Waals surface area contributed by atoms with E-state index in [1.165, 1.54) is 0 Å². The number of benzene rings is 2. The number of aliphatic hydroxyl groups excluding tert-OH is 1. The van der Waals surface area contributed by atoms with Gasteiger partial charge in [0, 0.05) is 17.3 Å². The molecule has 10 N–H and O–H groups in total. The van der Waals surface area contributed by atoms with Gasteiger partial charge in [-0.3, -0.25) is 0 Å². The zero-order valence-corrected chi connectivity index (χ0v) is 34.7. The average Bonchev–Trinajstić information content (AvgIpc) is 2.94. The van der Waals surface area contributed by atoms with Crippen molar-refractivity contribution in [2.45, 2.75) is 28.2 Å². The monoisotopic (exact) mass is 1040 g/mol. The molecule has 4 rings (SSSR count). The maximum atomic E-state index is 7.57. The van der Waals surface area contributed by atoms with Crippen molar-refractivity contribution in [3.05, 3.63) is 71.3 Å². The Morgan fingerprint density at radius 3 is 1.14 bits per heavy atom. The van der Waals surface area contributed by atoms with Crippen LogP contribution in [0.1, 0.15) is 29.7 Å². The van der Waals surface area contributed by atoms with E-state index in [0.29, 0.717) is 10.6 Å². The number of alkyl halides is 2. The number of aliphatic hydroxyl groups is 1. The fourth-order valence-corrected chi connectivity index (χ4v) is 5.98. The third-order valence-electron chi connectivity index (χ3n) is 4.43. The van der Waals surface area contributed by atoms with Gasteiger partial charge >= 0.3 is 161 Å². The van der Waals surface area contributed by atoms with E-state index >= 15 is 0 Å². The summed E-state index contributed by atoms with van der Waals surface area (Å²) in [6, 6.07) is 15.6. The minimum absolute atomic E-state index is 0. The van der Waals surface area contributed by atoms with Gasteiger partial charge in [0.1, 0.15) is 0 Å². The first-order valence-corrected chi connectivity index (χ1v) is 19.0. The summed E-state index contributed by atoms with van der Waals surface area (Å²) in [5, 5.41) is 31.3. The zero-order valence-electron chi connectivity index (χ0n) is 22.9. The molecular formula is C25H33Br4N10OSe3. The van der Waals surface area contributed by atoms with Gasteiger partial charge in [-0.1, -0.05) is 44.0 Å². The van der Waals surface area contributed by atoms with Gasteiger partial charge < -0.3 is 5.11 Å². The molecule has 0 fully saturated rings. The molecule has 0 amide bonds. The van der Waals surface area contributed by atoms with E-state index in [0.717, 1.165) is 55.5 Å². The van der Waals surface area contributed by atoms with Crippen LogP contribution < -0.4 is 17.2 Å². The number of fused-ring (bicyclic) bond motifs is 2. The number of hydrogen-bond donors (Lipinski definition) is 7. The Morgan fingerprint density at radius 1 is 0.698 bits per heavy atom. The van der Waals surface area contributed by atoms with Crippen LogP contribution in [0.4, 0.5) is 0 Å². The van der Waals surface area contributed by atoms with E-state index in [4.69, 9.17) is 32.8 Å². The summed E-state index contributed by atoms with van der Waals surface area (Å²) in [6.45, 7) is 1.93. The number of halogens is 4. The zero-order chi connectivity index (χ0) is 30.8. The fraction of sp³-hybridized carbons (Fsp3) is 0.240. The molecule has 11 nitrogen and oxygen atoms in total. The predicted octanol–water partition coefficient (Wildman–Crippen LogP) is 3.45. The average molecular weight is 1050 g/mol. The third kappa shape index (κ3) is 17.9. The van der Waals surface area contributed by atoms with Crippen LogP contribution in [0.2, 0.25) is 0 Å². The van der Waals surface area contributed by atoms with Crippen LogP contribution in [0, 0.1) is 16.2 Å². The van der Waals surface area contributed by atoms with Gasteiger partial charge in [-0.05, 0) is 19.1 Å². The van der Waals surface area contributed by atoms with Crippen LogP contribution in [0.3, 0.4) is 0 Å². The first-order chi connectivity index (χ1) is 19.6. The summed E-state index contributed by atoms with van der Waals surface area (Å²) in [5.74, 6) is 0. The quantitative estimate of drug-likeness (QED) is 0.0599. The SMILES string of the molecule is Br.Br.BrCc1nc2ccccc2nc1CBr.CCO.N=C(N)[Se].N=C(N)[Se]Cc1nc2ccccc2nc1C[Se]C(=N)N. The van der Waals surface area contributed by atoms with Crippen molar-refractivity contribution in [3.63, 3.8) is 0 Å². The molecular weight excluding hydrogens is 1010 g/mol. The van der Waals surface area contributed by atoms with Crippen molar-refractivity contribution in [3.8, 4) is 0 Å². The normalized spacial score (nSPS) is 9.40.